The smallest absolute Gasteiger partial charge is 0.308 e. The first kappa shape index (κ1) is 22.1. The van der Waals surface area contributed by atoms with Crippen molar-refractivity contribution in [3.63, 3.8) is 0 Å². The second kappa shape index (κ2) is 8.81. The minimum atomic E-state index is -3.94. The van der Waals surface area contributed by atoms with Crippen LogP contribution in [0.1, 0.15) is 5.56 Å². The fraction of sp³-hybridized carbons (Fsp3) is 0.0455. The van der Waals surface area contributed by atoms with Crippen molar-refractivity contribution < 1.29 is 17.6 Å². The van der Waals surface area contributed by atoms with Crippen molar-refractivity contribution in [2.45, 2.75) is 11.8 Å². The molecule has 4 N–H and O–H groups in total. The highest BCUT2D eigenvalue weighted by atomic mass is 32.2. The third-order valence-corrected chi connectivity index (χ3v) is 5.74. The van der Waals surface area contributed by atoms with Gasteiger partial charge in [-0.25, -0.2) is 27.4 Å². The molecule has 4 rings (SSSR count). The number of halogens is 1. The minimum Gasteiger partial charge on any atom is -0.308 e. The number of nitrogens with two attached hydrogens (primary N) is 1. The van der Waals surface area contributed by atoms with Crippen LogP contribution in [-0.4, -0.2) is 29.2 Å². The number of benzene rings is 3. The Morgan fingerprint density at radius 2 is 1.70 bits per heavy atom. The molecule has 0 fully saturated rings. The maximum atomic E-state index is 13.4. The van der Waals surface area contributed by atoms with Crippen LogP contribution in [0.4, 0.5) is 20.8 Å². The van der Waals surface area contributed by atoms with Gasteiger partial charge < -0.3 is 5.32 Å². The van der Waals surface area contributed by atoms with E-state index >= 15 is 0 Å². The van der Waals surface area contributed by atoms with Crippen LogP contribution in [0.15, 0.2) is 77.7 Å². The number of nitrogens with zero attached hydrogens (tertiary/aromatic N) is 3. The van der Waals surface area contributed by atoms with Crippen LogP contribution in [0.2, 0.25) is 0 Å². The minimum absolute atomic E-state index is 0.00513. The van der Waals surface area contributed by atoms with Crippen LogP contribution in [0.3, 0.4) is 0 Å². The van der Waals surface area contributed by atoms with Gasteiger partial charge in [0, 0.05) is 11.3 Å². The van der Waals surface area contributed by atoms with Gasteiger partial charge >= 0.3 is 6.03 Å². The Kier molecular flexibility index (Phi) is 5.90. The van der Waals surface area contributed by atoms with Gasteiger partial charge in [0.05, 0.1) is 10.6 Å². The van der Waals surface area contributed by atoms with Gasteiger partial charge in [0.2, 0.25) is 10.0 Å². The van der Waals surface area contributed by atoms with Crippen LogP contribution >= 0.6 is 0 Å². The monoisotopic (exact) mass is 466 g/mol. The average molecular weight is 466 g/mol. The van der Waals surface area contributed by atoms with Gasteiger partial charge in [0.25, 0.3) is 5.95 Å². The quantitative estimate of drug-likeness (QED) is 0.413. The fourth-order valence-corrected chi connectivity index (χ4v) is 3.96. The number of primary sulfonamides is 1. The molecule has 0 radical (unpaired) electrons. The summed E-state index contributed by atoms with van der Waals surface area (Å²) in [5.41, 5.74) is 1.96. The second-order valence-corrected chi connectivity index (χ2v) is 8.65. The van der Waals surface area contributed by atoms with E-state index in [0.717, 1.165) is 5.56 Å². The Bertz CT molecular complexity index is 1420. The molecule has 0 saturated heterocycles. The molecular weight excluding hydrogens is 447 g/mol. The standard InChI is InChI=1S/C22H19FN6O3S/c1-14-7-10-17(13-19(14)33(24,31)32)25-22(30)27-21-26-20(15-5-3-2-4-6-15)29(28-21)18-11-8-16(23)9-12-18/h2-13H,1H3,(H2,24,31,32)(H2,25,27,28,30). The summed E-state index contributed by atoms with van der Waals surface area (Å²) in [7, 11) is -3.94. The molecule has 0 atom stereocenters. The topological polar surface area (TPSA) is 132 Å². The number of rotatable bonds is 5. The number of carbonyl (C=O) groups excluding carboxylic acids is 1. The summed E-state index contributed by atoms with van der Waals surface area (Å²) in [6, 6.07) is 18.5. The van der Waals surface area contributed by atoms with Crippen molar-refractivity contribution in [1.82, 2.24) is 14.8 Å². The number of urea groups is 1. The lowest BCUT2D eigenvalue weighted by Crippen LogP contribution is -2.21. The maximum Gasteiger partial charge on any atom is 0.326 e. The zero-order valence-corrected chi connectivity index (χ0v) is 18.2. The lowest BCUT2D eigenvalue weighted by molar-refractivity contribution is 0.262. The van der Waals surface area contributed by atoms with Crippen LogP contribution in [0, 0.1) is 12.7 Å². The summed E-state index contributed by atoms with van der Waals surface area (Å²) in [4.78, 5) is 16.8. The SMILES string of the molecule is Cc1ccc(NC(=O)Nc2nc(-c3ccccc3)n(-c3ccc(F)cc3)n2)cc1S(N)(=O)=O. The van der Waals surface area contributed by atoms with Crippen molar-refractivity contribution in [3.05, 3.63) is 84.2 Å². The van der Waals surface area contributed by atoms with E-state index in [1.165, 1.54) is 28.9 Å². The lowest BCUT2D eigenvalue weighted by Gasteiger charge is -2.08. The highest BCUT2D eigenvalue weighted by Gasteiger charge is 2.17. The number of nitrogens with one attached hydrogen (secondary N) is 2. The predicted octanol–water partition coefficient (Wildman–Crippen LogP) is 3.67. The summed E-state index contributed by atoms with van der Waals surface area (Å²) in [5.74, 6) is 0.0358. The van der Waals surface area contributed by atoms with Crippen molar-refractivity contribution >= 4 is 27.7 Å². The normalized spacial score (nSPS) is 11.2. The fourth-order valence-electron chi connectivity index (χ4n) is 3.15. The van der Waals surface area contributed by atoms with Gasteiger partial charge in [-0.1, -0.05) is 36.4 Å². The number of anilines is 2. The number of amides is 2. The molecular formula is C22H19FN6O3S. The maximum absolute atomic E-state index is 13.4. The molecule has 0 aliphatic heterocycles. The Morgan fingerprint density at radius 1 is 1.00 bits per heavy atom. The first-order valence-electron chi connectivity index (χ1n) is 9.70. The first-order valence-corrected chi connectivity index (χ1v) is 11.3. The number of carbonyl (C=O) groups is 1. The molecule has 0 unspecified atom stereocenters. The summed E-state index contributed by atoms with van der Waals surface area (Å²) in [6.07, 6.45) is 0. The molecule has 11 heteroatoms. The summed E-state index contributed by atoms with van der Waals surface area (Å²) >= 11 is 0. The summed E-state index contributed by atoms with van der Waals surface area (Å²) < 4.78 is 38.3. The van der Waals surface area contributed by atoms with Gasteiger partial charge in [-0.15, -0.1) is 5.10 Å². The van der Waals surface area contributed by atoms with Gasteiger partial charge in [-0.05, 0) is 48.9 Å². The van der Waals surface area contributed by atoms with E-state index in [4.69, 9.17) is 5.14 Å². The van der Waals surface area contributed by atoms with Crippen LogP contribution in [0.25, 0.3) is 17.1 Å². The summed E-state index contributed by atoms with van der Waals surface area (Å²) in [6.45, 7) is 1.60. The highest BCUT2D eigenvalue weighted by Crippen LogP contribution is 2.23. The lowest BCUT2D eigenvalue weighted by atomic mass is 10.2. The number of hydrogen-bond acceptors (Lipinski definition) is 5. The molecule has 0 aliphatic carbocycles. The van der Waals surface area contributed by atoms with Crippen molar-refractivity contribution in [1.29, 1.82) is 0 Å². The molecule has 33 heavy (non-hydrogen) atoms. The third-order valence-electron chi connectivity index (χ3n) is 4.69. The zero-order valence-electron chi connectivity index (χ0n) is 17.4. The van der Waals surface area contributed by atoms with Crippen molar-refractivity contribution in [2.24, 2.45) is 5.14 Å². The van der Waals surface area contributed by atoms with E-state index in [2.05, 4.69) is 20.7 Å². The predicted molar refractivity (Wildman–Crippen MR) is 122 cm³/mol. The molecule has 168 valence electrons. The molecule has 0 bridgehead atoms. The highest BCUT2D eigenvalue weighted by molar-refractivity contribution is 7.89. The van der Waals surface area contributed by atoms with Crippen molar-refractivity contribution in [3.8, 4) is 17.1 Å². The number of aromatic nitrogens is 3. The van der Waals surface area contributed by atoms with E-state index in [9.17, 15) is 17.6 Å². The molecule has 0 spiro atoms. The molecule has 0 saturated carbocycles. The van der Waals surface area contributed by atoms with E-state index in [-0.39, 0.29) is 16.5 Å². The largest absolute Gasteiger partial charge is 0.326 e. The average Bonchev–Trinajstić information content (AvgIpc) is 3.19. The molecule has 2 amide bonds. The van der Waals surface area contributed by atoms with Crippen LogP contribution < -0.4 is 15.8 Å². The van der Waals surface area contributed by atoms with E-state index < -0.39 is 21.9 Å². The number of sulfonamides is 1. The van der Waals surface area contributed by atoms with Crippen molar-refractivity contribution in [2.75, 3.05) is 10.6 Å². The van der Waals surface area contributed by atoms with E-state index in [1.807, 2.05) is 30.3 Å². The van der Waals surface area contributed by atoms with E-state index in [0.29, 0.717) is 17.1 Å². The van der Waals surface area contributed by atoms with Gasteiger partial charge in [0.1, 0.15) is 5.82 Å². The molecule has 9 nitrogen and oxygen atoms in total. The van der Waals surface area contributed by atoms with Crippen LogP contribution in [0.5, 0.6) is 0 Å². The number of aryl methyl sites for hydroxylation is 1. The van der Waals surface area contributed by atoms with Gasteiger partial charge in [-0.2, -0.15) is 4.98 Å². The Balaban J connectivity index is 1.62. The molecule has 1 heterocycles. The molecule has 4 aromatic rings. The molecule has 0 aliphatic rings. The zero-order chi connectivity index (χ0) is 23.6. The molecule has 1 aromatic heterocycles. The Labute approximate surface area is 189 Å². The summed E-state index contributed by atoms with van der Waals surface area (Å²) in [5, 5.41) is 14.6. The third kappa shape index (κ3) is 5.05. The second-order valence-electron chi connectivity index (χ2n) is 7.12. The first-order chi connectivity index (χ1) is 15.7. The van der Waals surface area contributed by atoms with Crippen LogP contribution in [-0.2, 0) is 10.0 Å². The molecule has 3 aromatic carbocycles. The van der Waals surface area contributed by atoms with Gasteiger partial charge in [-0.3, -0.25) is 5.32 Å². The van der Waals surface area contributed by atoms with E-state index in [1.54, 1.807) is 25.1 Å². The number of hydrogen-bond donors (Lipinski definition) is 3. The Morgan fingerprint density at radius 3 is 2.36 bits per heavy atom. The Hall–Kier alpha value is -4.09. The van der Waals surface area contributed by atoms with Gasteiger partial charge in [0.15, 0.2) is 5.82 Å².